The number of aldehydes is 1. The number of carbonyl (C=O) groups is 1. The lowest BCUT2D eigenvalue weighted by Crippen LogP contribution is -2.32. The van der Waals surface area contributed by atoms with Crippen molar-refractivity contribution in [3.63, 3.8) is 0 Å². The van der Waals surface area contributed by atoms with Gasteiger partial charge in [-0.3, -0.25) is 4.79 Å². The molecule has 0 aromatic heterocycles. The van der Waals surface area contributed by atoms with Gasteiger partial charge >= 0.3 is 0 Å². The molecule has 1 atom stereocenters. The molecule has 18 heavy (non-hydrogen) atoms. The molecule has 0 amide bonds. The third kappa shape index (κ3) is 3.07. The monoisotopic (exact) mass is 251 g/mol. The molecule has 4 heteroatoms. The summed E-state index contributed by atoms with van der Waals surface area (Å²) in [6, 6.07) is 4.43. The summed E-state index contributed by atoms with van der Waals surface area (Å²) in [4.78, 5) is 12.8. The lowest BCUT2D eigenvalue weighted by Gasteiger charge is -2.26. The molecule has 98 valence electrons. The van der Waals surface area contributed by atoms with Crippen molar-refractivity contribution in [3.8, 4) is 0 Å². The van der Waals surface area contributed by atoms with Gasteiger partial charge in [-0.05, 0) is 38.0 Å². The first-order valence-electron chi connectivity index (χ1n) is 6.35. The largest absolute Gasteiger partial charge is 0.376 e. The van der Waals surface area contributed by atoms with E-state index < -0.39 is 0 Å². The molecule has 1 saturated heterocycles. The molecular formula is C14H18FNO2. The highest BCUT2D eigenvalue weighted by Crippen LogP contribution is 2.21. The molecule has 0 bridgehead atoms. The first-order chi connectivity index (χ1) is 8.72. The predicted octanol–water partition coefficient (Wildman–Crippen LogP) is 2.64. The molecule has 0 saturated carbocycles. The number of anilines is 1. The standard InChI is InChI=1S/C14H18FNO2/c1-2-16(9-14-4-3-5-18-14)13-7-11(10-17)6-12(15)8-13/h6-8,10,14H,2-5,9H2,1H3. The van der Waals surface area contributed by atoms with Crippen molar-refractivity contribution in [2.24, 2.45) is 0 Å². The molecule has 1 fully saturated rings. The molecule has 1 aliphatic rings. The van der Waals surface area contributed by atoms with Crippen LogP contribution < -0.4 is 4.90 Å². The quantitative estimate of drug-likeness (QED) is 0.753. The van der Waals surface area contributed by atoms with Gasteiger partial charge in [-0.25, -0.2) is 4.39 Å². The Morgan fingerprint density at radius 2 is 2.33 bits per heavy atom. The molecule has 0 N–H and O–H groups in total. The van der Waals surface area contributed by atoms with E-state index in [9.17, 15) is 9.18 Å². The summed E-state index contributed by atoms with van der Waals surface area (Å²) in [5, 5.41) is 0. The Kier molecular flexibility index (Phi) is 4.31. The van der Waals surface area contributed by atoms with Crippen LogP contribution in [0.1, 0.15) is 30.1 Å². The van der Waals surface area contributed by atoms with Crippen LogP contribution >= 0.6 is 0 Å². The Morgan fingerprint density at radius 3 is 2.94 bits per heavy atom. The van der Waals surface area contributed by atoms with E-state index in [0.717, 1.165) is 38.2 Å². The average molecular weight is 251 g/mol. The minimum Gasteiger partial charge on any atom is -0.376 e. The highest BCUT2D eigenvalue weighted by molar-refractivity contribution is 5.77. The normalized spacial score (nSPS) is 18.9. The van der Waals surface area contributed by atoms with Gasteiger partial charge < -0.3 is 9.64 Å². The van der Waals surface area contributed by atoms with Crippen molar-refractivity contribution in [1.82, 2.24) is 0 Å². The first-order valence-corrected chi connectivity index (χ1v) is 6.35. The van der Waals surface area contributed by atoms with Crippen LogP contribution in [0.2, 0.25) is 0 Å². The fourth-order valence-electron chi connectivity index (χ4n) is 2.30. The molecule has 1 aliphatic heterocycles. The van der Waals surface area contributed by atoms with Crippen LogP contribution in [-0.4, -0.2) is 32.1 Å². The maximum atomic E-state index is 13.4. The number of halogens is 1. The number of likely N-dealkylation sites (N-methyl/N-ethyl adjacent to an activating group) is 1. The summed E-state index contributed by atoms with van der Waals surface area (Å²) in [7, 11) is 0. The van der Waals surface area contributed by atoms with Crippen molar-refractivity contribution < 1.29 is 13.9 Å². The van der Waals surface area contributed by atoms with Crippen LogP contribution in [0.15, 0.2) is 18.2 Å². The van der Waals surface area contributed by atoms with Crippen molar-refractivity contribution in [2.75, 3.05) is 24.6 Å². The molecule has 1 heterocycles. The van der Waals surface area contributed by atoms with Gasteiger partial charge in [0.2, 0.25) is 0 Å². The van der Waals surface area contributed by atoms with E-state index >= 15 is 0 Å². The number of ether oxygens (including phenoxy) is 1. The number of nitrogens with zero attached hydrogens (tertiary/aromatic N) is 1. The average Bonchev–Trinajstić information content (AvgIpc) is 2.88. The Bertz CT molecular complexity index is 416. The van der Waals surface area contributed by atoms with E-state index in [1.54, 1.807) is 6.07 Å². The first kappa shape index (κ1) is 13.0. The van der Waals surface area contributed by atoms with Gasteiger partial charge in [0.15, 0.2) is 0 Å². The van der Waals surface area contributed by atoms with Crippen LogP contribution in [0.4, 0.5) is 10.1 Å². The second-order valence-corrected chi connectivity index (χ2v) is 4.53. The number of rotatable bonds is 5. The Labute approximate surface area is 107 Å². The zero-order valence-electron chi connectivity index (χ0n) is 10.6. The SMILES string of the molecule is CCN(CC1CCCO1)c1cc(F)cc(C=O)c1. The number of carbonyl (C=O) groups excluding carboxylic acids is 1. The lowest BCUT2D eigenvalue weighted by molar-refractivity contribution is 0.112. The smallest absolute Gasteiger partial charge is 0.150 e. The molecule has 0 aliphatic carbocycles. The van der Waals surface area contributed by atoms with E-state index in [-0.39, 0.29) is 11.9 Å². The van der Waals surface area contributed by atoms with E-state index in [4.69, 9.17) is 4.74 Å². The van der Waals surface area contributed by atoms with Gasteiger partial charge in [-0.2, -0.15) is 0 Å². The second-order valence-electron chi connectivity index (χ2n) is 4.53. The predicted molar refractivity (Wildman–Crippen MR) is 68.6 cm³/mol. The zero-order valence-corrected chi connectivity index (χ0v) is 10.6. The number of hydrogen-bond donors (Lipinski definition) is 0. The topological polar surface area (TPSA) is 29.5 Å². The van der Waals surface area contributed by atoms with Gasteiger partial charge in [0.25, 0.3) is 0 Å². The highest BCUT2D eigenvalue weighted by atomic mass is 19.1. The summed E-state index contributed by atoms with van der Waals surface area (Å²) in [5.41, 5.74) is 1.12. The van der Waals surface area contributed by atoms with Crippen molar-refractivity contribution in [1.29, 1.82) is 0 Å². The third-order valence-electron chi connectivity index (χ3n) is 3.24. The van der Waals surface area contributed by atoms with Gasteiger partial charge in [-0.15, -0.1) is 0 Å². The van der Waals surface area contributed by atoms with Crippen molar-refractivity contribution >= 4 is 12.0 Å². The van der Waals surface area contributed by atoms with Gasteiger partial charge in [0.05, 0.1) is 6.10 Å². The molecule has 1 aromatic carbocycles. The van der Waals surface area contributed by atoms with Crippen LogP contribution in [0.5, 0.6) is 0 Å². The third-order valence-corrected chi connectivity index (χ3v) is 3.24. The van der Waals surface area contributed by atoms with E-state index in [1.165, 1.54) is 12.1 Å². The molecule has 1 aromatic rings. The minimum atomic E-state index is -0.375. The fraction of sp³-hybridized carbons (Fsp3) is 0.500. The summed E-state index contributed by atoms with van der Waals surface area (Å²) in [6.45, 7) is 4.34. The minimum absolute atomic E-state index is 0.216. The Morgan fingerprint density at radius 1 is 1.50 bits per heavy atom. The van der Waals surface area contributed by atoms with Crippen molar-refractivity contribution in [2.45, 2.75) is 25.9 Å². The van der Waals surface area contributed by atoms with Crippen LogP contribution in [0.25, 0.3) is 0 Å². The van der Waals surface area contributed by atoms with E-state index in [2.05, 4.69) is 0 Å². The van der Waals surface area contributed by atoms with Crippen LogP contribution in [0.3, 0.4) is 0 Å². The molecule has 2 rings (SSSR count). The van der Waals surface area contributed by atoms with Gasteiger partial charge in [0.1, 0.15) is 12.1 Å². The Balaban J connectivity index is 2.15. The van der Waals surface area contributed by atoms with Crippen LogP contribution in [-0.2, 0) is 4.74 Å². The lowest BCUT2D eigenvalue weighted by atomic mass is 10.1. The van der Waals surface area contributed by atoms with Crippen molar-refractivity contribution in [3.05, 3.63) is 29.6 Å². The molecular weight excluding hydrogens is 233 g/mol. The summed E-state index contributed by atoms with van der Waals surface area (Å²) >= 11 is 0. The molecule has 0 spiro atoms. The molecule has 3 nitrogen and oxygen atoms in total. The van der Waals surface area contributed by atoms with E-state index in [1.807, 2.05) is 11.8 Å². The Hall–Kier alpha value is -1.42. The molecule has 0 radical (unpaired) electrons. The molecule has 1 unspecified atom stereocenters. The van der Waals surface area contributed by atoms with Gasteiger partial charge in [-0.1, -0.05) is 0 Å². The maximum Gasteiger partial charge on any atom is 0.150 e. The number of benzene rings is 1. The maximum absolute atomic E-state index is 13.4. The summed E-state index contributed by atoms with van der Waals surface area (Å²) in [5.74, 6) is -0.375. The van der Waals surface area contributed by atoms with E-state index in [0.29, 0.717) is 11.8 Å². The zero-order chi connectivity index (χ0) is 13.0. The van der Waals surface area contributed by atoms with Gasteiger partial charge in [0, 0.05) is 30.9 Å². The highest BCUT2D eigenvalue weighted by Gasteiger charge is 2.19. The number of hydrogen-bond acceptors (Lipinski definition) is 3. The summed E-state index contributed by atoms with van der Waals surface area (Å²) < 4.78 is 19.0. The summed E-state index contributed by atoms with van der Waals surface area (Å²) in [6.07, 6.45) is 3.02. The van der Waals surface area contributed by atoms with Crippen LogP contribution in [0, 0.1) is 5.82 Å². The second kappa shape index (κ2) is 5.96. The fourth-order valence-corrected chi connectivity index (χ4v) is 2.30.